The molecule has 3 rings (SSSR count). The van der Waals surface area contributed by atoms with Crippen LogP contribution in [0.1, 0.15) is 35.4 Å². The monoisotopic (exact) mass is 300 g/mol. The highest BCUT2D eigenvalue weighted by atomic mass is 32.1. The molecule has 1 atom stereocenters. The van der Waals surface area contributed by atoms with E-state index in [4.69, 9.17) is 0 Å². The van der Waals surface area contributed by atoms with Gasteiger partial charge in [-0.1, -0.05) is 25.1 Å². The molecule has 2 heterocycles. The first-order valence-electron chi connectivity index (χ1n) is 7.37. The number of nitrogens with zero attached hydrogens (tertiary/aromatic N) is 1. The Morgan fingerprint density at radius 1 is 1.33 bits per heavy atom. The van der Waals surface area contributed by atoms with Crippen LogP contribution >= 0.6 is 11.3 Å². The molecule has 3 nitrogen and oxygen atoms in total. The zero-order valence-electron chi connectivity index (χ0n) is 12.4. The molecule has 1 aliphatic rings. The smallest absolute Gasteiger partial charge is 0.227 e. The van der Waals surface area contributed by atoms with Crippen LogP contribution in [0.3, 0.4) is 0 Å². The van der Waals surface area contributed by atoms with Gasteiger partial charge in [0.2, 0.25) is 5.91 Å². The van der Waals surface area contributed by atoms with Crippen LogP contribution in [0.25, 0.3) is 0 Å². The Bertz CT molecular complexity index is 636. The largest absolute Gasteiger partial charge is 0.315 e. The minimum Gasteiger partial charge on any atom is -0.315 e. The maximum atomic E-state index is 11.8. The van der Waals surface area contributed by atoms with Crippen LogP contribution in [-0.4, -0.2) is 19.5 Å². The lowest BCUT2D eigenvalue weighted by molar-refractivity contribution is -0.118. The fourth-order valence-electron chi connectivity index (χ4n) is 2.90. The molecule has 1 unspecified atom stereocenters. The van der Waals surface area contributed by atoms with Gasteiger partial charge in [-0.05, 0) is 41.6 Å². The van der Waals surface area contributed by atoms with Gasteiger partial charge >= 0.3 is 0 Å². The molecule has 0 radical (unpaired) electrons. The number of fused-ring (bicyclic) bond motifs is 1. The first kappa shape index (κ1) is 14.3. The number of hydrogen-bond donors (Lipinski definition) is 1. The zero-order valence-corrected chi connectivity index (χ0v) is 13.2. The second-order valence-corrected chi connectivity index (χ2v) is 6.33. The van der Waals surface area contributed by atoms with Crippen LogP contribution in [0.4, 0.5) is 5.69 Å². The van der Waals surface area contributed by atoms with Crippen molar-refractivity contribution in [3.05, 3.63) is 51.7 Å². The maximum Gasteiger partial charge on any atom is 0.227 e. The van der Waals surface area contributed by atoms with Gasteiger partial charge in [0.15, 0.2) is 0 Å². The van der Waals surface area contributed by atoms with Crippen LogP contribution in [0.2, 0.25) is 0 Å². The molecule has 110 valence electrons. The van der Waals surface area contributed by atoms with Crippen LogP contribution in [0, 0.1) is 0 Å². The first-order chi connectivity index (χ1) is 10.2. The highest BCUT2D eigenvalue weighted by molar-refractivity contribution is 7.10. The lowest BCUT2D eigenvalue weighted by Crippen LogP contribution is -2.31. The summed E-state index contributed by atoms with van der Waals surface area (Å²) in [6, 6.07) is 11.0. The third-order valence-corrected chi connectivity index (χ3v) is 4.95. The quantitative estimate of drug-likeness (QED) is 0.939. The van der Waals surface area contributed by atoms with Crippen LogP contribution in [0.5, 0.6) is 0 Å². The third-order valence-electron chi connectivity index (χ3n) is 4.02. The summed E-state index contributed by atoms with van der Waals surface area (Å²) in [5.41, 5.74) is 3.60. The number of aryl methyl sites for hydroxylation is 1. The summed E-state index contributed by atoms with van der Waals surface area (Å²) in [7, 11) is 1.86. The van der Waals surface area contributed by atoms with Gasteiger partial charge in [0, 0.05) is 24.0 Å². The summed E-state index contributed by atoms with van der Waals surface area (Å²) >= 11 is 1.78. The van der Waals surface area contributed by atoms with E-state index in [2.05, 4.69) is 48.0 Å². The van der Waals surface area contributed by atoms with Crippen LogP contribution < -0.4 is 10.2 Å². The third kappa shape index (κ3) is 2.74. The van der Waals surface area contributed by atoms with E-state index in [0.717, 1.165) is 18.7 Å². The maximum absolute atomic E-state index is 11.8. The number of rotatable bonds is 4. The van der Waals surface area contributed by atoms with Crippen LogP contribution in [-0.2, 0) is 11.2 Å². The molecule has 1 aromatic heterocycles. The number of nitrogens with one attached hydrogen (secondary N) is 1. The van der Waals surface area contributed by atoms with Crippen molar-refractivity contribution in [1.29, 1.82) is 0 Å². The molecular weight excluding hydrogens is 280 g/mol. The highest BCUT2D eigenvalue weighted by Gasteiger charge is 2.22. The first-order valence-corrected chi connectivity index (χ1v) is 8.25. The second-order valence-electron chi connectivity index (χ2n) is 5.35. The number of anilines is 1. The average molecular weight is 300 g/mol. The van der Waals surface area contributed by atoms with Crippen molar-refractivity contribution in [1.82, 2.24) is 5.32 Å². The van der Waals surface area contributed by atoms with E-state index in [1.54, 1.807) is 16.2 Å². The topological polar surface area (TPSA) is 32.3 Å². The van der Waals surface area contributed by atoms with Gasteiger partial charge in [-0.3, -0.25) is 4.79 Å². The predicted octanol–water partition coefficient (Wildman–Crippen LogP) is 3.36. The molecule has 1 amide bonds. The molecule has 0 saturated heterocycles. The predicted molar refractivity (Wildman–Crippen MR) is 88.0 cm³/mol. The number of thiophene rings is 1. The molecule has 0 aliphatic carbocycles. The van der Waals surface area contributed by atoms with Gasteiger partial charge in [-0.25, -0.2) is 0 Å². The van der Waals surface area contributed by atoms with Crippen molar-refractivity contribution in [2.24, 2.45) is 0 Å². The van der Waals surface area contributed by atoms with E-state index in [1.165, 1.54) is 16.0 Å². The Labute approximate surface area is 129 Å². The molecule has 0 spiro atoms. The Balaban J connectivity index is 1.97. The molecule has 21 heavy (non-hydrogen) atoms. The van der Waals surface area contributed by atoms with Crippen molar-refractivity contribution in [3.8, 4) is 0 Å². The molecule has 0 saturated carbocycles. The average Bonchev–Trinajstić information content (AvgIpc) is 3.02. The number of benzene rings is 1. The van der Waals surface area contributed by atoms with E-state index in [0.29, 0.717) is 6.42 Å². The Morgan fingerprint density at radius 3 is 2.90 bits per heavy atom. The molecule has 0 bridgehead atoms. The lowest BCUT2D eigenvalue weighted by Gasteiger charge is -2.27. The second kappa shape index (κ2) is 6.00. The molecule has 1 aliphatic heterocycles. The van der Waals surface area contributed by atoms with E-state index >= 15 is 0 Å². The van der Waals surface area contributed by atoms with Crippen LogP contribution in [0.15, 0.2) is 35.7 Å². The number of hydrogen-bond acceptors (Lipinski definition) is 3. The minimum absolute atomic E-state index is 0.205. The molecule has 2 aromatic rings. The Hall–Kier alpha value is -1.65. The Morgan fingerprint density at radius 2 is 2.19 bits per heavy atom. The molecule has 0 fully saturated rings. The van der Waals surface area contributed by atoms with Crippen molar-refractivity contribution < 1.29 is 4.79 Å². The zero-order chi connectivity index (χ0) is 14.8. The van der Waals surface area contributed by atoms with E-state index in [-0.39, 0.29) is 11.9 Å². The molecule has 4 heteroatoms. The summed E-state index contributed by atoms with van der Waals surface area (Å²) < 4.78 is 0. The molecule has 1 N–H and O–H groups in total. The van der Waals surface area contributed by atoms with Gasteiger partial charge < -0.3 is 10.2 Å². The van der Waals surface area contributed by atoms with E-state index < -0.39 is 0 Å². The number of carbonyl (C=O) groups excluding carboxylic acids is 1. The Kier molecular flexibility index (Phi) is 4.08. The van der Waals surface area contributed by atoms with Gasteiger partial charge in [0.1, 0.15) is 0 Å². The van der Waals surface area contributed by atoms with Gasteiger partial charge in [-0.2, -0.15) is 0 Å². The van der Waals surface area contributed by atoms with E-state index in [1.807, 2.05) is 7.05 Å². The van der Waals surface area contributed by atoms with Crippen molar-refractivity contribution in [3.63, 3.8) is 0 Å². The number of carbonyl (C=O) groups is 1. The standard InChI is InChI=1S/C17H20N2OS/c1-3-18-17(15-5-4-10-21-15)13-6-8-14-12(11-13)7-9-16(20)19(14)2/h4-6,8,10-11,17-18H,3,7,9H2,1-2H3. The fraction of sp³-hybridized carbons (Fsp3) is 0.353. The summed E-state index contributed by atoms with van der Waals surface area (Å²) in [4.78, 5) is 14.9. The summed E-state index contributed by atoms with van der Waals surface area (Å²) in [6.45, 7) is 3.06. The molecule has 1 aromatic carbocycles. The lowest BCUT2D eigenvalue weighted by atomic mass is 9.95. The van der Waals surface area contributed by atoms with E-state index in [9.17, 15) is 4.79 Å². The summed E-state index contributed by atoms with van der Waals surface area (Å²) in [6.07, 6.45) is 1.45. The van der Waals surface area contributed by atoms with Crippen molar-refractivity contribution >= 4 is 22.9 Å². The normalized spacial score (nSPS) is 15.9. The van der Waals surface area contributed by atoms with Gasteiger partial charge in [0.05, 0.1) is 6.04 Å². The highest BCUT2D eigenvalue weighted by Crippen LogP contribution is 2.32. The SMILES string of the molecule is CCNC(c1ccc2c(c1)CCC(=O)N2C)c1cccs1. The number of amides is 1. The van der Waals surface area contributed by atoms with Gasteiger partial charge in [-0.15, -0.1) is 11.3 Å². The summed E-state index contributed by atoms with van der Waals surface area (Å²) in [5, 5.41) is 5.67. The minimum atomic E-state index is 0.205. The molecular formula is C17H20N2OS. The fourth-order valence-corrected chi connectivity index (χ4v) is 3.73. The summed E-state index contributed by atoms with van der Waals surface area (Å²) in [5.74, 6) is 0.205. The van der Waals surface area contributed by atoms with Gasteiger partial charge in [0.25, 0.3) is 0 Å². The van der Waals surface area contributed by atoms with Crippen molar-refractivity contribution in [2.45, 2.75) is 25.8 Å². The van der Waals surface area contributed by atoms with Crippen molar-refractivity contribution in [2.75, 3.05) is 18.5 Å².